The fraction of sp³-hybridized carbons (Fsp3) is 0.562. The molecule has 23 heavy (non-hydrogen) atoms. The summed E-state index contributed by atoms with van der Waals surface area (Å²) in [5, 5.41) is 5.47. The maximum atomic E-state index is 12.0. The molecule has 3 N–H and O–H groups in total. The van der Waals surface area contributed by atoms with Crippen molar-refractivity contribution in [3.8, 4) is 0 Å². The summed E-state index contributed by atoms with van der Waals surface area (Å²) >= 11 is 0. The molecule has 0 spiro atoms. The minimum absolute atomic E-state index is 0.170. The van der Waals surface area contributed by atoms with Crippen LogP contribution in [-0.4, -0.2) is 27.0 Å². The normalized spacial score (nSPS) is 11.5. The zero-order chi connectivity index (χ0) is 17.3. The van der Waals surface area contributed by atoms with Crippen molar-refractivity contribution in [2.45, 2.75) is 57.4 Å². The number of hydrogen-bond donors (Lipinski definition) is 3. The lowest BCUT2D eigenvalue weighted by atomic mass is 10.2. The smallest absolute Gasteiger partial charge is 0.319 e. The lowest BCUT2D eigenvalue weighted by Crippen LogP contribution is -2.30. The molecule has 7 heteroatoms. The van der Waals surface area contributed by atoms with Gasteiger partial charge in [0.2, 0.25) is 10.0 Å². The summed E-state index contributed by atoms with van der Waals surface area (Å²) in [6.07, 6.45) is 4.39. The van der Waals surface area contributed by atoms with Crippen molar-refractivity contribution in [3.05, 3.63) is 24.3 Å². The van der Waals surface area contributed by atoms with E-state index in [1.807, 2.05) is 0 Å². The van der Waals surface area contributed by atoms with Crippen LogP contribution in [0, 0.1) is 0 Å². The van der Waals surface area contributed by atoms with Gasteiger partial charge in [0.1, 0.15) is 0 Å². The van der Waals surface area contributed by atoms with Crippen LogP contribution in [0.3, 0.4) is 0 Å². The SMILES string of the molecule is CCCCCCNC(=O)Nc1ccc(S(=O)(=O)NC(C)C)cc1. The number of sulfonamides is 1. The van der Waals surface area contributed by atoms with Gasteiger partial charge in [-0.1, -0.05) is 26.2 Å². The van der Waals surface area contributed by atoms with E-state index in [0.29, 0.717) is 12.2 Å². The van der Waals surface area contributed by atoms with Gasteiger partial charge in [0.25, 0.3) is 0 Å². The third kappa shape index (κ3) is 7.47. The van der Waals surface area contributed by atoms with Gasteiger partial charge < -0.3 is 10.6 Å². The zero-order valence-corrected chi connectivity index (χ0v) is 14.9. The topological polar surface area (TPSA) is 87.3 Å². The van der Waals surface area contributed by atoms with Crippen LogP contribution in [0.25, 0.3) is 0 Å². The van der Waals surface area contributed by atoms with Crippen LogP contribution < -0.4 is 15.4 Å². The Morgan fingerprint density at radius 2 is 1.74 bits per heavy atom. The van der Waals surface area contributed by atoms with Crippen LogP contribution >= 0.6 is 0 Å². The summed E-state index contributed by atoms with van der Waals surface area (Å²) in [5.74, 6) is 0. The average molecular weight is 341 g/mol. The summed E-state index contributed by atoms with van der Waals surface area (Å²) in [4.78, 5) is 11.9. The second-order valence-corrected chi connectivity index (χ2v) is 7.46. The maximum Gasteiger partial charge on any atom is 0.319 e. The molecule has 0 bridgehead atoms. The maximum absolute atomic E-state index is 12.0. The second-order valence-electron chi connectivity index (χ2n) is 5.74. The Hall–Kier alpha value is -1.60. The Kier molecular flexibility index (Phi) is 8.05. The van der Waals surface area contributed by atoms with E-state index in [4.69, 9.17) is 0 Å². The first-order valence-electron chi connectivity index (χ1n) is 8.02. The van der Waals surface area contributed by atoms with Crippen molar-refractivity contribution in [1.29, 1.82) is 0 Å². The van der Waals surface area contributed by atoms with Gasteiger partial charge in [-0.15, -0.1) is 0 Å². The van der Waals surface area contributed by atoms with Crippen molar-refractivity contribution in [1.82, 2.24) is 10.0 Å². The molecule has 0 aliphatic rings. The molecule has 0 heterocycles. The third-order valence-corrected chi connectivity index (χ3v) is 4.80. The summed E-state index contributed by atoms with van der Waals surface area (Å²) < 4.78 is 26.5. The van der Waals surface area contributed by atoms with E-state index in [1.54, 1.807) is 26.0 Å². The van der Waals surface area contributed by atoms with Crippen molar-refractivity contribution in [3.63, 3.8) is 0 Å². The number of anilines is 1. The third-order valence-electron chi connectivity index (χ3n) is 3.13. The number of hydrogen-bond acceptors (Lipinski definition) is 3. The van der Waals surface area contributed by atoms with Gasteiger partial charge in [0.15, 0.2) is 0 Å². The number of rotatable bonds is 9. The van der Waals surface area contributed by atoms with Crippen molar-refractivity contribution >= 4 is 21.7 Å². The van der Waals surface area contributed by atoms with Gasteiger partial charge in [0.05, 0.1) is 4.90 Å². The largest absolute Gasteiger partial charge is 0.338 e. The fourth-order valence-electron chi connectivity index (χ4n) is 2.02. The van der Waals surface area contributed by atoms with Crippen molar-refractivity contribution in [2.75, 3.05) is 11.9 Å². The lowest BCUT2D eigenvalue weighted by molar-refractivity contribution is 0.252. The number of amides is 2. The van der Waals surface area contributed by atoms with E-state index in [1.165, 1.54) is 18.6 Å². The van der Waals surface area contributed by atoms with Gasteiger partial charge in [-0.25, -0.2) is 17.9 Å². The van der Waals surface area contributed by atoms with Gasteiger partial charge in [-0.05, 0) is 44.5 Å². The molecule has 6 nitrogen and oxygen atoms in total. The quantitative estimate of drug-likeness (QED) is 0.603. The van der Waals surface area contributed by atoms with E-state index in [-0.39, 0.29) is 17.0 Å². The minimum atomic E-state index is -3.51. The molecular weight excluding hydrogens is 314 g/mol. The van der Waals surface area contributed by atoms with Crippen LogP contribution in [0.5, 0.6) is 0 Å². The van der Waals surface area contributed by atoms with Crippen molar-refractivity contribution in [2.24, 2.45) is 0 Å². The molecule has 0 saturated heterocycles. The predicted molar refractivity (Wildman–Crippen MR) is 93.1 cm³/mol. The molecule has 0 unspecified atom stereocenters. The number of benzene rings is 1. The van der Waals surface area contributed by atoms with Crippen LogP contribution in [-0.2, 0) is 10.0 Å². The molecule has 0 aliphatic carbocycles. The summed E-state index contributed by atoms with van der Waals surface area (Å²) in [6, 6.07) is 5.65. The molecule has 0 saturated carbocycles. The first-order valence-corrected chi connectivity index (χ1v) is 9.50. The first kappa shape index (κ1) is 19.4. The van der Waals surface area contributed by atoms with Gasteiger partial charge in [-0.2, -0.15) is 0 Å². The second kappa shape index (κ2) is 9.52. The summed E-state index contributed by atoms with van der Waals surface area (Å²) in [6.45, 7) is 6.30. The van der Waals surface area contributed by atoms with Gasteiger partial charge >= 0.3 is 6.03 Å². The predicted octanol–water partition coefficient (Wildman–Crippen LogP) is 3.08. The highest BCUT2D eigenvalue weighted by Gasteiger charge is 2.15. The number of carbonyl (C=O) groups excluding carboxylic acids is 1. The summed E-state index contributed by atoms with van der Waals surface area (Å²) in [7, 11) is -3.51. The van der Waals surface area contributed by atoms with E-state index in [2.05, 4.69) is 22.3 Å². The highest BCUT2D eigenvalue weighted by atomic mass is 32.2. The van der Waals surface area contributed by atoms with Gasteiger partial charge in [-0.3, -0.25) is 0 Å². The highest BCUT2D eigenvalue weighted by Crippen LogP contribution is 2.14. The average Bonchev–Trinajstić information content (AvgIpc) is 2.46. The van der Waals surface area contributed by atoms with Crippen LogP contribution in [0.15, 0.2) is 29.2 Å². The standard InChI is InChI=1S/C16H27N3O3S/c1-4-5-6-7-12-17-16(20)18-14-8-10-15(11-9-14)23(21,22)19-13(2)3/h8-11,13,19H,4-7,12H2,1-3H3,(H2,17,18,20). The minimum Gasteiger partial charge on any atom is -0.338 e. The monoisotopic (exact) mass is 341 g/mol. The summed E-state index contributed by atoms with van der Waals surface area (Å²) in [5.41, 5.74) is 0.555. The van der Waals surface area contributed by atoms with E-state index in [0.717, 1.165) is 19.3 Å². The highest BCUT2D eigenvalue weighted by molar-refractivity contribution is 7.89. The Morgan fingerprint density at radius 1 is 1.09 bits per heavy atom. The molecule has 1 aromatic carbocycles. The molecule has 2 amide bonds. The molecule has 1 aromatic rings. The lowest BCUT2D eigenvalue weighted by Gasteiger charge is -2.11. The molecule has 130 valence electrons. The first-order chi connectivity index (χ1) is 10.8. The van der Waals surface area contributed by atoms with Crippen molar-refractivity contribution < 1.29 is 13.2 Å². The zero-order valence-electron chi connectivity index (χ0n) is 14.1. The molecule has 1 rings (SSSR count). The molecule has 0 atom stereocenters. The van der Waals surface area contributed by atoms with E-state index >= 15 is 0 Å². The van der Waals surface area contributed by atoms with Gasteiger partial charge in [0, 0.05) is 18.3 Å². The van der Waals surface area contributed by atoms with E-state index < -0.39 is 10.0 Å². The Bertz CT molecular complexity index is 583. The molecule has 0 fully saturated rings. The number of nitrogens with one attached hydrogen (secondary N) is 3. The van der Waals surface area contributed by atoms with Crippen LogP contribution in [0.4, 0.5) is 10.5 Å². The van der Waals surface area contributed by atoms with Crippen LogP contribution in [0.2, 0.25) is 0 Å². The molecular formula is C16H27N3O3S. The Balaban J connectivity index is 2.49. The Labute approximate surface area is 139 Å². The van der Waals surface area contributed by atoms with Crippen LogP contribution in [0.1, 0.15) is 46.5 Å². The molecule has 0 aromatic heterocycles. The molecule has 0 radical (unpaired) electrons. The molecule has 0 aliphatic heterocycles. The number of carbonyl (C=O) groups is 1. The Morgan fingerprint density at radius 3 is 2.30 bits per heavy atom. The number of unbranched alkanes of at least 4 members (excludes halogenated alkanes) is 3. The fourth-order valence-corrected chi connectivity index (χ4v) is 3.28. The number of urea groups is 1. The van der Waals surface area contributed by atoms with E-state index in [9.17, 15) is 13.2 Å².